The molecule has 0 fully saturated rings. The Morgan fingerprint density at radius 3 is 2.00 bits per heavy atom. The van der Waals surface area contributed by atoms with E-state index in [4.69, 9.17) is 5.84 Å². The van der Waals surface area contributed by atoms with Gasteiger partial charge in [0.2, 0.25) is 5.84 Å². The van der Waals surface area contributed by atoms with E-state index in [0.29, 0.717) is 5.12 Å². The predicted molar refractivity (Wildman–Crippen MR) is 29.6 cm³/mol. The molecule has 4 nitrogen and oxygen atoms in total. The molecule has 0 saturated carbocycles. The van der Waals surface area contributed by atoms with E-state index in [-0.39, 0.29) is 0 Å². The number of hydrogen-bond donors (Lipinski definition) is 2. The molecule has 0 rings (SSSR count). The van der Waals surface area contributed by atoms with E-state index in [2.05, 4.69) is 10.8 Å². The van der Waals surface area contributed by atoms with Gasteiger partial charge < -0.3 is 5.73 Å². The number of hydrazone groups is 1. The smallest absolute Gasteiger partial charge is 0.378 e. The Balaban J connectivity index is 4.20. The lowest BCUT2D eigenvalue weighted by molar-refractivity contribution is -0.0612. The van der Waals surface area contributed by atoms with Crippen molar-refractivity contribution in [3.05, 3.63) is 0 Å². The molecule has 0 aliphatic heterocycles. The first-order valence-corrected chi connectivity index (χ1v) is 2.23. The molecule has 0 radical (unpaired) electrons. The summed E-state index contributed by atoms with van der Waals surface area (Å²) in [5.41, 5.74) is 4.46. The Morgan fingerprint density at radius 2 is 1.90 bits per heavy atom. The van der Waals surface area contributed by atoms with Crippen molar-refractivity contribution >= 4 is 5.84 Å². The second-order valence-corrected chi connectivity index (χ2v) is 1.56. The van der Waals surface area contributed by atoms with Crippen LogP contribution in [0.1, 0.15) is 0 Å². The fraction of sp³-hybridized carbons (Fsp3) is 0.667. The minimum atomic E-state index is -4.60. The molecule has 0 aliphatic rings. The van der Waals surface area contributed by atoms with Gasteiger partial charge in [-0.05, 0) is 0 Å². The third-order valence-corrected chi connectivity index (χ3v) is 0.556. The van der Waals surface area contributed by atoms with Gasteiger partial charge in [-0.25, -0.2) is 11.0 Å². The first kappa shape index (κ1) is 9.02. The quantitative estimate of drug-likeness (QED) is 0.235. The fourth-order valence-electron chi connectivity index (χ4n) is 0.227. The molecule has 0 atom stereocenters. The number of alkyl halides is 3. The second kappa shape index (κ2) is 2.74. The molecule has 10 heavy (non-hydrogen) atoms. The van der Waals surface area contributed by atoms with Crippen LogP contribution >= 0.6 is 0 Å². The maximum absolute atomic E-state index is 11.5. The molecule has 0 bridgehead atoms. The molecule has 0 aromatic carbocycles. The van der Waals surface area contributed by atoms with Crippen molar-refractivity contribution in [3.8, 4) is 0 Å². The molecule has 60 valence electrons. The number of hydrogen-bond acceptors (Lipinski definition) is 3. The highest BCUT2D eigenvalue weighted by Gasteiger charge is 2.34. The van der Waals surface area contributed by atoms with Crippen molar-refractivity contribution in [2.24, 2.45) is 16.7 Å². The van der Waals surface area contributed by atoms with Crippen molar-refractivity contribution in [2.45, 2.75) is 6.18 Å². The summed E-state index contributed by atoms with van der Waals surface area (Å²) >= 11 is 0. The summed E-state index contributed by atoms with van der Waals surface area (Å²) in [5, 5.41) is 3.22. The van der Waals surface area contributed by atoms with E-state index in [1.54, 1.807) is 0 Å². The molecule has 0 amide bonds. The average molecular weight is 156 g/mol. The molecule has 0 saturated heterocycles. The minimum Gasteiger partial charge on any atom is -0.378 e. The number of nitrogens with zero attached hydrogens (tertiary/aromatic N) is 2. The van der Waals surface area contributed by atoms with E-state index in [9.17, 15) is 13.2 Å². The maximum Gasteiger partial charge on any atom is 0.450 e. The van der Waals surface area contributed by atoms with Crippen LogP contribution in [0.5, 0.6) is 0 Å². The standard InChI is InChI=1S/C3H7F3N4/c1-10(8)9-2(7)3(4,5)6/h8H2,1H3,(H2,7,9). The third kappa shape index (κ3) is 3.13. The maximum atomic E-state index is 11.5. The van der Waals surface area contributed by atoms with Gasteiger partial charge in [0.1, 0.15) is 0 Å². The highest BCUT2D eigenvalue weighted by atomic mass is 19.4. The van der Waals surface area contributed by atoms with Crippen LogP contribution in [0.25, 0.3) is 0 Å². The SMILES string of the molecule is CN(N)/N=C(\N)C(F)(F)F. The van der Waals surface area contributed by atoms with Crippen molar-refractivity contribution in [1.82, 2.24) is 5.12 Å². The summed E-state index contributed by atoms with van der Waals surface area (Å²) in [6.07, 6.45) is -4.60. The summed E-state index contributed by atoms with van der Waals surface area (Å²) in [6.45, 7) is 0. The first-order chi connectivity index (χ1) is 4.34. The topological polar surface area (TPSA) is 67.6 Å². The molecule has 0 unspecified atom stereocenters. The van der Waals surface area contributed by atoms with Crippen molar-refractivity contribution < 1.29 is 13.2 Å². The van der Waals surface area contributed by atoms with E-state index in [0.717, 1.165) is 7.05 Å². The van der Waals surface area contributed by atoms with Gasteiger partial charge in [0.25, 0.3) is 0 Å². The summed E-state index contributed by atoms with van der Waals surface area (Å²) in [7, 11) is 1.14. The predicted octanol–water partition coefficient (Wildman–Crippen LogP) is -0.374. The lowest BCUT2D eigenvalue weighted by atomic mass is 10.6. The zero-order valence-corrected chi connectivity index (χ0v) is 5.18. The number of rotatable bonds is 1. The van der Waals surface area contributed by atoms with Crippen LogP contribution < -0.4 is 11.6 Å². The third-order valence-electron chi connectivity index (χ3n) is 0.556. The van der Waals surface area contributed by atoms with Gasteiger partial charge >= 0.3 is 6.18 Å². The Kier molecular flexibility index (Phi) is 2.47. The summed E-state index contributed by atoms with van der Waals surface area (Å²) < 4.78 is 34.4. The lowest BCUT2D eigenvalue weighted by Gasteiger charge is -2.08. The van der Waals surface area contributed by atoms with Gasteiger partial charge in [-0.2, -0.15) is 13.2 Å². The molecule has 7 heteroatoms. The minimum absolute atomic E-state index is 0.489. The van der Waals surface area contributed by atoms with Gasteiger partial charge in [0, 0.05) is 7.05 Å². The van der Waals surface area contributed by atoms with Crippen LogP contribution in [0.3, 0.4) is 0 Å². The van der Waals surface area contributed by atoms with Crippen molar-refractivity contribution in [2.75, 3.05) is 7.05 Å². The molecule has 0 spiro atoms. The number of halogens is 3. The Hall–Kier alpha value is -0.980. The molecule has 0 aromatic rings. The van der Waals surface area contributed by atoms with Crippen LogP contribution in [0.2, 0.25) is 0 Å². The van der Waals surface area contributed by atoms with Crippen LogP contribution in [0.15, 0.2) is 5.10 Å². The first-order valence-electron chi connectivity index (χ1n) is 2.23. The Morgan fingerprint density at radius 1 is 1.50 bits per heavy atom. The lowest BCUT2D eigenvalue weighted by Crippen LogP contribution is -2.35. The Bertz CT molecular complexity index is 137. The van der Waals surface area contributed by atoms with E-state index in [1.165, 1.54) is 0 Å². The molecule has 0 aliphatic carbocycles. The van der Waals surface area contributed by atoms with Crippen LogP contribution in [0, 0.1) is 0 Å². The zero-order valence-electron chi connectivity index (χ0n) is 5.18. The van der Waals surface area contributed by atoms with E-state index < -0.39 is 12.0 Å². The van der Waals surface area contributed by atoms with Crippen LogP contribution in [-0.2, 0) is 0 Å². The molecular formula is C3H7F3N4. The van der Waals surface area contributed by atoms with Gasteiger partial charge in [0.15, 0.2) is 0 Å². The molecule has 0 aromatic heterocycles. The highest BCUT2D eigenvalue weighted by molar-refractivity contribution is 5.85. The summed E-state index contributed by atoms with van der Waals surface area (Å²) in [4.78, 5) is 0. The summed E-state index contributed by atoms with van der Waals surface area (Å²) in [5.74, 6) is 3.30. The molecule has 4 N–H and O–H groups in total. The Labute approximate surface area is 55.2 Å². The summed E-state index contributed by atoms with van der Waals surface area (Å²) in [6, 6.07) is 0. The largest absolute Gasteiger partial charge is 0.450 e. The van der Waals surface area contributed by atoms with Gasteiger partial charge in [-0.1, -0.05) is 0 Å². The number of nitrogens with two attached hydrogens (primary N) is 2. The van der Waals surface area contributed by atoms with Crippen molar-refractivity contribution in [3.63, 3.8) is 0 Å². The van der Waals surface area contributed by atoms with E-state index in [1.807, 2.05) is 0 Å². The van der Waals surface area contributed by atoms with Crippen molar-refractivity contribution in [1.29, 1.82) is 0 Å². The number of hydrazine groups is 1. The average Bonchev–Trinajstić information content (AvgIpc) is 1.60. The molecule has 0 heterocycles. The second-order valence-electron chi connectivity index (χ2n) is 1.56. The van der Waals surface area contributed by atoms with Gasteiger partial charge in [-0.3, -0.25) is 0 Å². The fourth-order valence-corrected chi connectivity index (χ4v) is 0.227. The van der Waals surface area contributed by atoms with Gasteiger partial charge in [0.05, 0.1) is 0 Å². The van der Waals surface area contributed by atoms with Gasteiger partial charge in [-0.15, -0.1) is 5.10 Å². The van der Waals surface area contributed by atoms with E-state index >= 15 is 0 Å². The van der Waals surface area contributed by atoms with Crippen LogP contribution in [0.4, 0.5) is 13.2 Å². The monoisotopic (exact) mass is 156 g/mol. The number of amidine groups is 1. The molecular weight excluding hydrogens is 149 g/mol. The van der Waals surface area contributed by atoms with Crippen LogP contribution in [-0.4, -0.2) is 24.2 Å². The zero-order chi connectivity index (χ0) is 8.36. The highest BCUT2D eigenvalue weighted by Crippen LogP contribution is 2.13. The normalized spacial score (nSPS) is 13.5.